The number of benzene rings is 1. The highest BCUT2D eigenvalue weighted by Gasteiger charge is 2.25. The molecule has 0 aliphatic heterocycles. The van der Waals surface area contributed by atoms with Crippen molar-refractivity contribution in [1.82, 2.24) is 5.32 Å². The number of carbonyl (C=O) groups excluding carboxylic acids is 1. The zero-order valence-electron chi connectivity index (χ0n) is 12.0. The molecule has 5 heteroatoms. The van der Waals surface area contributed by atoms with E-state index in [9.17, 15) is 13.6 Å². The largest absolute Gasteiger partial charge is 0.353 e. The highest BCUT2D eigenvalue weighted by molar-refractivity contribution is 9.09. The number of hydrogen-bond donors (Lipinski definition) is 1. The molecular formula is C15H20BrF2NO. The van der Waals surface area contributed by atoms with Gasteiger partial charge in [0.1, 0.15) is 0 Å². The van der Waals surface area contributed by atoms with Gasteiger partial charge in [-0.2, -0.15) is 0 Å². The van der Waals surface area contributed by atoms with Crippen LogP contribution < -0.4 is 5.32 Å². The Labute approximate surface area is 127 Å². The van der Waals surface area contributed by atoms with Crippen molar-refractivity contribution in [3.05, 3.63) is 35.4 Å². The van der Waals surface area contributed by atoms with Crippen LogP contribution in [0.15, 0.2) is 18.2 Å². The van der Waals surface area contributed by atoms with E-state index in [1.807, 2.05) is 20.8 Å². The van der Waals surface area contributed by atoms with Crippen molar-refractivity contribution in [3.8, 4) is 0 Å². The fraction of sp³-hybridized carbons (Fsp3) is 0.533. The summed E-state index contributed by atoms with van der Waals surface area (Å²) >= 11 is 3.36. The maximum absolute atomic E-state index is 13.5. The average molecular weight is 348 g/mol. The SMILES string of the molecule is CC(C)(C)C(CCBr)NC(=O)Cc1cccc(F)c1F. The summed E-state index contributed by atoms with van der Waals surface area (Å²) in [5.74, 6) is -2.17. The van der Waals surface area contributed by atoms with Gasteiger partial charge >= 0.3 is 0 Å². The molecule has 0 aliphatic rings. The van der Waals surface area contributed by atoms with Crippen molar-refractivity contribution >= 4 is 21.8 Å². The predicted molar refractivity (Wildman–Crippen MR) is 79.9 cm³/mol. The minimum atomic E-state index is -0.949. The molecule has 112 valence electrons. The van der Waals surface area contributed by atoms with Crippen molar-refractivity contribution in [3.63, 3.8) is 0 Å². The lowest BCUT2D eigenvalue weighted by Crippen LogP contribution is -2.44. The number of carbonyl (C=O) groups is 1. The molecule has 1 aromatic carbocycles. The van der Waals surface area contributed by atoms with Gasteiger partial charge < -0.3 is 5.32 Å². The van der Waals surface area contributed by atoms with E-state index in [2.05, 4.69) is 21.2 Å². The van der Waals surface area contributed by atoms with E-state index in [1.54, 1.807) is 0 Å². The third-order valence-corrected chi connectivity index (χ3v) is 3.62. The van der Waals surface area contributed by atoms with Crippen LogP contribution in [-0.4, -0.2) is 17.3 Å². The zero-order chi connectivity index (χ0) is 15.3. The number of hydrogen-bond acceptors (Lipinski definition) is 1. The molecule has 1 unspecified atom stereocenters. The molecule has 1 aromatic rings. The topological polar surface area (TPSA) is 29.1 Å². The van der Waals surface area contributed by atoms with Crippen LogP contribution in [0.3, 0.4) is 0 Å². The number of nitrogens with one attached hydrogen (secondary N) is 1. The molecule has 2 nitrogen and oxygen atoms in total. The highest BCUT2D eigenvalue weighted by atomic mass is 79.9. The summed E-state index contributed by atoms with van der Waals surface area (Å²) in [6, 6.07) is 3.85. The van der Waals surface area contributed by atoms with Gasteiger partial charge in [0.15, 0.2) is 11.6 Å². The molecule has 1 atom stereocenters. The molecule has 1 amide bonds. The number of alkyl halides is 1. The Kier molecular flexibility index (Phi) is 6.11. The molecule has 20 heavy (non-hydrogen) atoms. The van der Waals surface area contributed by atoms with Crippen molar-refractivity contribution in [2.24, 2.45) is 5.41 Å². The van der Waals surface area contributed by atoms with E-state index < -0.39 is 11.6 Å². The summed E-state index contributed by atoms with van der Waals surface area (Å²) in [5.41, 5.74) is -0.0156. The van der Waals surface area contributed by atoms with Gasteiger partial charge in [-0.05, 0) is 17.9 Å². The Morgan fingerprint density at radius 3 is 2.55 bits per heavy atom. The molecule has 0 spiro atoms. The van der Waals surface area contributed by atoms with Gasteiger partial charge in [0.2, 0.25) is 5.91 Å². The normalized spacial score (nSPS) is 13.1. The maximum atomic E-state index is 13.5. The maximum Gasteiger partial charge on any atom is 0.224 e. The molecule has 0 saturated heterocycles. The summed E-state index contributed by atoms with van der Waals surface area (Å²) in [7, 11) is 0. The predicted octanol–water partition coefficient (Wildman–Crippen LogP) is 3.82. The minimum absolute atomic E-state index is 0.0222. The van der Waals surface area contributed by atoms with E-state index in [0.29, 0.717) is 0 Å². The van der Waals surface area contributed by atoms with Crippen LogP contribution in [0.25, 0.3) is 0 Å². The number of amides is 1. The Bertz CT molecular complexity index is 471. The smallest absolute Gasteiger partial charge is 0.224 e. The first kappa shape index (κ1) is 17.1. The van der Waals surface area contributed by atoms with E-state index in [4.69, 9.17) is 0 Å². The lowest BCUT2D eigenvalue weighted by atomic mass is 9.85. The van der Waals surface area contributed by atoms with Gasteiger partial charge in [-0.1, -0.05) is 48.8 Å². The van der Waals surface area contributed by atoms with Crippen LogP contribution in [0.5, 0.6) is 0 Å². The molecule has 1 rings (SSSR count). The van der Waals surface area contributed by atoms with Crippen LogP contribution in [0, 0.1) is 17.0 Å². The van der Waals surface area contributed by atoms with Gasteiger partial charge in [0, 0.05) is 16.9 Å². The van der Waals surface area contributed by atoms with Crippen LogP contribution in [0.1, 0.15) is 32.8 Å². The van der Waals surface area contributed by atoms with Gasteiger partial charge in [-0.3, -0.25) is 4.79 Å². The first-order valence-corrected chi connectivity index (χ1v) is 7.66. The van der Waals surface area contributed by atoms with Gasteiger partial charge in [-0.15, -0.1) is 0 Å². The second kappa shape index (κ2) is 7.16. The van der Waals surface area contributed by atoms with E-state index in [-0.39, 0.29) is 29.3 Å². The summed E-state index contributed by atoms with van der Waals surface area (Å²) < 4.78 is 26.6. The lowest BCUT2D eigenvalue weighted by molar-refractivity contribution is -0.122. The third kappa shape index (κ3) is 4.85. The molecular weight excluding hydrogens is 328 g/mol. The van der Waals surface area contributed by atoms with Gasteiger partial charge in [-0.25, -0.2) is 8.78 Å². The third-order valence-electron chi connectivity index (χ3n) is 3.16. The molecule has 0 fully saturated rings. The Balaban J connectivity index is 2.73. The zero-order valence-corrected chi connectivity index (χ0v) is 13.6. The molecule has 0 aliphatic carbocycles. The monoisotopic (exact) mass is 347 g/mol. The van der Waals surface area contributed by atoms with E-state index >= 15 is 0 Å². The van der Waals surface area contributed by atoms with Crippen LogP contribution in [-0.2, 0) is 11.2 Å². The summed E-state index contributed by atoms with van der Waals surface area (Å²) in [6.07, 6.45) is 0.624. The fourth-order valence-electron chi connectivity index (χ4n) is 1.93. The summed E-state index contributed by atoms with van der Waals surface area (Å²) in [4.78, 5) is 12.0. The Morgan fingerprint density at radius 2 is 2.00 bits per heavy atom. The van der Waals surface area contributed by atoms with Crippen molar-refractivity contribution in [2.75, 3.05) is 5.33 Å². The van der Waals surface area contributed by atoms with Crippen molar-refractivity contribution in [2.45, 2.75) is 39.7 Å². The highest BCUT2D eigenvalue weighted by Crippen LogP contribution is 2.22. The second-order valence-electron chi connectivity index (χ2n) is 5.85. The van der Waals surface area contributed by atoms with E-state index in [0.717, 1.165) is 17.8 Å². The molecule has 0 radical (unpaired) electrons. The van der Waals surface area contributed by atoms with Gasteiger partial charge in [0.25, 0.3) is 0 Å². The quantitative estimate of drug-likeness (QED) is 0.806. The number of rotatable bonds is 5. The molecule has 0 heterocycles. The summed E-state index contributed by atoms with van der Waals surface area (Å²) in [5, 5.41) is 3.66. The van der Waals surface area contributed by atoms with Crippen LogP contribution >= 0.6 is 15.9 Å². The molecule has 0 saturated carbocycles. The standard InChI is InChI=1S/C15H20BrF2NO/c1-15(2,3)12(7-8-16)19-13(20)9-10-5-4-6-11(17)14(10)18/h4-6,12H,7-9H2,1-3H3,(H,19,20). The first-order valence-electron chi connectivity index (χ1n) is 6.54. The average Bonchev–Trinajstić information content (AvgIpc) is 2.33. The molecule has 0 bridgehead atoms. The van der Waals surface area contributed by atoms with Crippen molar-refractivity contribution < 1.29 is 13.6 Å². The lowest BCUT2D eigenvalue weighted by Gasteiger charge is -2.31. The summed E-state index contributed by atoms with van der Waals surface area (Å²) in [6.45, 7) is 6.09. The molecule has 0 aromatic heterocycles. The molecule has 1 N–H and O–H groups in total. The Hall–Kier alpha value is -0.970. The van der Waals surface area contributed by atoms with E-state index in [1.165, 1.54) is 12.1 Å². The number of halogens is 3. The minimum Gasteiger partial charge on any atom is -0.353 e. The fourth-order valence-corrected chi connectivity index (χ4v) is 2.39. The first-order chi connectivity index (χ1) is 9.25. The van der Waals surface area contributed by atoms with Gasteiger partial charge in [0.05, 0.1) is 6.42 Å². The van der Waals surface area contributed by atoms with Crippen LogP contribution in [0.4, 0.5) is 8.78 Å². The Morgan fingerprint density at radius 1 is 1.35 bits per heavy atom. The second-order valence-corrected chi connectivity index (χ2v) is 6.65. The van der Waals surface area contributed by atoms with Crippen LogP contribution in [0.2, 0.25) is 0 Å². The van der Waals surface area contributed by atoms with Crippen molar-refractivity contribution in [1.29, 1.82) is 0 Å².